The van der Waals surface area contributed by atoms with E-state index < -0.39 is 8.07 Å². The van der Waals surface area contributed by atoms with Crippen LogP contribution in [-0.2, 0) is 20.1 Å². The SMILES string of the molecule is Cc1cnc(-c2[c-]cc([Si](C)(C)C)c3c2oc2ccccc23)cc1C.[Ir]. The van der Waals surface area contributed by atoms with E-state index in [0.717, 1.165) is 22.4 Å². The summed E-state index contributed by atoms with van der Waals surface area (Å²) in [6, 6.07) is 16.1. The Hall–Kier alpha value is -1.74. The molecule has 0 spiro atoms. The summed E-state index contributed by atoms with van der Waals surface area (Å²) in [7, 11) is -1.53. The van der Waals surface area contributed by atoms with Gasteiger partial charge in [-0.15, -0.1) is 17.3 Å². The molecule has 135 valence electrons. The number of aromatic nitrogens is 1. The number of hydrogen-bond acceptors (Lipinski definition) is 2. The van der Waals surface area contributed by atoms with Crippen LogP contribution in [0.2, 0.25) is 19.6 Å². The molecule has 0 aliphatic rings. The van der Waals surface area contributed by atoms with E-state index in [0.29, 0.717) is 0 Å². The fourth-order valence-corrected chi connectivity index (χ4v) is 4.82. The molecule has 0 bridgehead atoms. The van der Waals surface area contributed by atoms with Gasteiger partial charge in [-0.25, -0.2) is 0 Å². The molecule has 0 saturated carbocycles. The third-order valence-corrected chi connectivity index (χ3v) is 6.90. The van der Waals surface area contributed by atoms with Crippen molar-refractivity contribution < 1.29 is 24.5 Å². The molecule has 0 N–H and O–H groups in total. The van der Waals surface area contributed by atoms with Crippen molar-refractivity contribution in [2.24, 2.45) is 0 Å². The van der Waals surface area contributed by atoms with E-state index in [2.05, 4.69) is 68.8 Å². The summed E-state index contributed by atoms with van der Waals surface area (Å²) in [6.07, 6.45) is 1.93. The van der Waals surface area contributed by atoms with Crippen molar-refractivity contribution >= 4 is 35.2 Å². The number of para-hydroxylation sites is 1. The fourth-order valence-electron chi connectivity index (χ4n) is 3.31. The van der Waals surface area contributed by atoms with Gasteiger partial charge in [0.25, 0.3) is 0 Å². The van der Waals surface area contributed by atoms with E-state index in [-0.39, 0.29) is 20.1 Å². The van der Waals surface area contributed by atoms with Gasteiger partial charge in [0.15, 0.2) is 0 Å². The van der Waals surface area contributed by atoms with E-state index in [1.165, 1.54) is 27.1 Å². The van der Waals surface area contributed by atoms with Crippen LogP contribution in [0.4, 0.5) is 0 Å². The van der Waals surface area contributed by atoms with Gasteiger partial charge in [0.1, 0.15) is 5.58 Å². The number of aryl methyl sites for hydroxylation is 2. The van der Waals surface area contributed by atoms with Crippen molar-refractivity contribution in [1.82, 2.24) is 4.98 Å². The third-order valence-electron chi connectivity index (χ3n) is 4.89. The second-order valence-corrected chi connectivity index (χ2v) is 12.8. The molecule has 0 amide bonds. The van der Waals surface area contributed by atoms with Crippen LogP contribution in [0.15, 0.2) is 47.0 Å². The molecular formula is C22H22IrNOSi-. The van der Waals surface area contributed by atoms with Gasteiger partial charge in [0, 0.05) is 39.8 Å². The maximum Gasteiger partial charge on any atom is 0.120 e. The van der Waals surface area contributed by atoms with E-state index in [4.69, 9.17) is 4.42 Å². The molecule has 0 aliphatic heterocycles. The smallest absolute Gasteiger partial charge is 0.120 e. The molecule has 4 aromatic rings. The van der Waals surface area contributed by atoms with Gasteiger partial charge in [-0.05, 0) is 31.2 Å². The van der Waals surface area contributed by atoms with E-state index >= 15 is 0 Å². The summed E-state index contributed by atoms with van der Waals surface area (Å²) < 4.78 is 6.29. The molecule has 26 heavy (non-hydrogen) atoms. The summed E-state index contributed by atoms with van der Waals surface area (Å²) in [5.74, 6) is 0. The molecule has 0 atom stereocenters. The Morgan fingerprint density at radius 2 is 1.77 bits per heavy atom. The van der Waals surface area contributed by atoms with Crippen LogP contribution >= 0.6 is 0 Å². The summed E-state index contributed by atoms with van der Waals surface area (Å²) in [5.41, 5.74) is 6.16. The van der Waals surface area contributed by atoms with Crippen molar-refractivity contribution in [3.8, 4) is 11.3 Å². The molecule has 0 unspecified atom stereocenters. The Balaban J connectivity index is 0.00000196. The first kappa shape index (κ1) is 19.0. The van der Waals surface area contributed by atoms with Crippen molar-refractivity contribution in [3.63, 3.8) is 0 Å². The predicted octanol–water partition coefficient (Wildman–Crippen LogP) is 5.61. The van der Waals surface area contributed by atoms with Crippen molar-refractivity contribution in [2.75, 3.05) is 0 Å². The molecule has 2 nitrogen and oxygen atoms in total. The number of benzene rings is 2. The van der Waals surface area contributed by atoms with Crippen LogP contribution in [-0.4, -0.2) is 13.1 Å². The zero-order valence-corrected chi connectivity index (χ0v) is 19.1. The topological polar surface area (TPSA) is 26.0 Å². The summed E-state index contributed by atoms with van der Waals surface area (Å²) in [4.78, 5) is 4.64. The molecule has 2 aromatic carbocycles. The number of rotatable bonds is 2. The standard InChI is InChI=1S/C22H22NOSi.Ir/c1-14-12-18(23-13-15(14)2)16-10-11-20(25(3,4)5)21-17-8-6-7-9-19(17)24-22(16)21;/h6-9,11-13H,1-5H3;/q-1;. The van der Waals surface area contributed by atoms with Gasteiger partial charge in [-0.2, -0.15) is 0 Å². The van der Waals surface area contributed by atoms with Crippen LogP contribution < -0.4 is 5.19 Å². The predicted molar refractivity (Wildman–Crippen MR) is 108 cm³/mol. The molecule has 2 aromatic heterocycles. The van der Waals surface area contributed by atoms with Crippen molar-refractivity contribution in [1.29, 1.82) is 0 Å². The van der Waals surface area contributed by atoms with Gasteiger partial charge >= 0.3 is 0 Å². The van der Waals surface area contributed by atoms with Gasteiger partial charge in [0.05, 0.1) is 5.58 Å². The van der Waals surface area contributed by atoms with Crippen LogP contribution in [0, 0.1) is 19.9 Å². The van der Waals surface area contributed by atoms with E-state index in [1.807, 2.05) is 18.3 Å². The number of fused-ring (bicyclic) bond motifs is 3. The Morgan fingerprint density at radius 3 is 2.46 bits per heavy atom. The number of hydrogen-bond donors (Lipinski definition) is 0. The van der Waals surface area contributed by atoms with Gasteiger partial charge < -0.3 is 9.40 Å². The van der Waals surface area contributed by atoms with Crippen LogP contribution in [0.1, 0.15) is 11.1 Å². The normalized spacial score (nSPS) is 11.7. The molecule has 1 radical (unpaired) electrons. The van der Waals surface area contributed by atoms with Gasteiger partial charge in [-0.3, -0.25) is 0 Å². The maximum atomic E-state index is 6.29. The Bertz CT molecular complexity index is 1110. The van der Waals surface area contributed by atoms with E-state index in [9.17, 15) is 0 Å². The first-order valence-electron chi connectivity index (χ1n) is 8.66. The second kappa shape index (κ2) is 6.77. The van der Waals surface area contributed by atoms with Crippen LogP contribution in [0.3, 0.4) is 0 Å². The minimum Gasteiger partial charge on any atom is -0.501 e. The van der Waals surface area contributed by atoms with Crippen LogP contribution in [0.25, 0.3) is 33.2 Å². The minimum atomic E-state index is -1.53. The van der Waals surface area contributed by atoms with Gasteiger partial charge in [-0.1, -0.05) is 60.4 Å². The Morgan fingerprint density at radius 1 is 1.04 bits per heavy atom. The maximum absolute atomic E-state index is 6.29. The first-order chi connectivity index (χ1) is 11.9. The monoisotopic (exact) mass is 537 g/mol. The molecule has 0 saturated heterocycles. The third kappa shape index (κ3) is 3.07. The molecule has 0 aliphatic carbocycles. The molecule has 4 rings (SSSR count). The second-order valence-electron chi connectivity index (χ2n) is 7.78. The Labute approximate surface area is 169 Å². The average Bonchev–Trinajstić information content (AvgIpc) is 2.95. The number of nitrogens with zero attached hydrogens (tertiary/aromatic N) is 1. The Kier molecular flexibility index (Phi) is 4.95. The summed E-state index contributed by atoms with van der Waals surface area (Å²) in [6.45, 7) is 11.3. The summed E-state index contributed by atoms with van der Waals surface area (Å²) >= 11 is 0. The zero-order chi connectivity index (χ0) is 17.8. The molecule has 0 fully saturated rings. The quantitative estimate of drug-likeness (QED) is 0.246. The zero-order valence-electron chi connectivity index (χ0n) is 15.7. The van der Waals surface area contributed by atoms with Crippen LogP contribution in [0.5, 0.6) is 0 Å². The van der Waals surface area contributed by atoms with Gasteiger partial charge in [0.2, 0.25) is 0 Å². The summed E-state index contributed by atoms with van der Waals surface area (Å²) in [5, 5.41) is 3.82. The van der Waals surface area contributed by atoms with Crippen molar-refractivity contribution in [3.05, 3.63) is 59.8 Å². The average molecular weight is 537 g/mol. The molecular weight excluding hydrogens is 515 g/mol. The fraction of sp³-hybridized carbons (Fsp3) is 0.227. The van der Waals surface area contributed by atoms with Crippen molar-refractivity contribution in [2.45, 2.75) is 33.5 Å². The minimum absolute atomic E-state index is 0. The first-order valence-corrected chi connectivity index (χ1v) is 12.2. The molecule has 4 heteroatoms. The molecule has 2 heterocycles. The number of pyridine rings is 1. The largest absolute Gasteiger partial charge is 0.501 e. The number of furan rings is 1. The van der Waals surface area contributed by atoms with E-state index in [1.54, 1.807) is 0 Å².